The average Bonchev–Trinajstić information content (AvgIpc) is 2.03. The largest absolute Gasteiger partial charge is 0.504 e. The molecule has 0 fully saturated rings. The molecular weight excluding hydrogens is 208 g/mol. The smallest absolute Gasteiger partial charge is 0.160 e. The second kappa shape index (κ2) is 4.23. The normalized spacial score (nSPS) is 9.55. The van der Waals surface area contributed by atoms with Gasteiger partial charge in [0.25, 0.3) is 0 Å². The first-order valence-corrected chi connectivity index (χ1v) is 4.43. The van der Waals surface area contributed by atoms with Gasteiger partial charge in [0.15, 0.2) is 11.5 Å². The summed E-state index contributed by atoms with van der Waals surface area (Å²) in [6.45, 7) is 0.567. The van der Waals surface area contributed by atoms with Crippen LogP contribution < -0.4 is 4.74 Å². The number of phenols is 1. The predicted molar refractivity (Wildman–Crippen MR) is 47.4 cm³/mol. The molecule has 0 aliphatic carbocycles. The molecule has 60 valence electrons. The molecule has 0 heterocycles. The molecule has 0 saturated carbocycles. The van der Waals surface area contributed by atoms with Crippen LogP contribution in [0, 0.1) is 0 Å². The molecule has 0 bridgehead atoms. The van der Waals surface area contributed by atoms with Crippen LogP contribution in [0.2, 0.25) is 0 Å². The highest BCUT2D eigenvalue weighted by atomic mass is 79.9. The fourth-order valence-corrected chi connectivity index (χ4v) is 0.890. The Bertz CT molecular complexity index is 225. The van der Waals surface area contributed by atoms with Crippen LogP contribution in [0.5, 0.6) is 11.5 Å². The van der Waals surface area contributed by atoms with E-state index in [1.807, 2.05) is 6.07 Å². The van der Waals surface area contributed by atoms with Gasteiger partial charge in [-0.2, -0.15) is 0 Å². The van der Waals surface area contributed by atoms with Gasteiger partial charge < -0.3 is 9.84 Å². The molecule has 0 aliphatic rings. The molecule has 1 rings (SSSR count). The van der Waals surface area contributed by atoms with Gasteiger partial charge in [0, 0.05) is 5.33 Å². The van der Waals surface area contributed by atoms with Crippen molar-refractivity contribution in [3.05, 3.63) is 24.3 Å². The highest BCUT2D eigenvalue weighted by Gasteiger charge is 1.97. The minimum atomic E-state index is 0.188. The van der Waals surface area contributed by atoms with Gasteiger partial charge >= 0.3 is 0 Å². The fraction of sp³-hybridized carbons (Fsp3) is 0.250. The van der Waals surface area contributed by atoms with E-state index in [2.05, 4.69) is 15.9 Å². The van der Waals surface area contributed by atoms with Crippen LogP contribution in [0.1, 0.15) is 0 Å². The zero-order valence-corrected chi connectivity index (χ0v) is 7.54. The zero-order chi connectivity index (χ0) is 8.10. The molecule has 0 spiro atoms. The van der Waals surface area contributed by atoms with Crippen molar-refractivity contribution >= 4 is 15.9 Å². The highest BCUT2D eigenvalue weighted by molar-refractivity contribution is 9.09. The predicted octanol–water partition coefficient (Wildman–Crippen LogP) is 2.17. The number of para-hydroxylation sites is 2. The lowest BCUT2D eigenvalue weighted by atomic mass is 10.3. The Morgan fingerprint density at radius 2 is 2.09 bits per heavy atom. The van der Waals surface area contributed by atoms with Crippen LogP contribution in [0.25, 0.3) is 0 Å². The van der Waals surface area contributed by atoms with Crippen molar-refractivity contribution in [1.29, 1.82) is 0 Å². The van der Waals surface area contributed by atoms with Crippen molar-refractivity contribution in [2.75, 3.05) is 11.9 Å². The second-order valence-electron chi connectivity index (χ2n) is 2.01. The number of hydrogen-bond acceptors (Lipinski definition) is 2. The number of rotatable bonds is 3. The standard InChI is InChI=1S/C8H9BrO2/c9-5-6-11-8-4-2-1-3-7(8)10/h1-4,10H,5-6H2. The Kier molecular flexibility index (Phi) is 3.23. The summed E-state index contributed by atoms with van der Waals surface area (Å²) in [5, 5.41) is 9.96. The van der Waals surface area contributed by atoms with Crippen LogP contribution >= 0.6 is 15.9 Å². The van der Waals surface area contributed by atoms with E-state index < -0.39 is 0 Å². The molecule has 0 atom stereocenters. The molecule has 1 aromatic carbocycles. The van der Waals surface area contributed by atoms with Crippen molar-refractivity contribution < 1.29 is 9.84 Å². The molecule has 3 heteroatoms. The Morgan fingerprint density at radius 3 is 2.73 bits per heavy atom. The van der Waals surface area contributed by atoms with Crippen LogP contribution in [-0.2, 0) is 0 Å². The van der Waals surface area contributed by atoms with E-state index in [-0.39, 0.29) is 5.75 Å². The summed E-state index contributed by atoms with van der Waals surface area (Å²) in [4.78, 5) is 0. The quantitative estimate of drug-likeness (QED) is 0.786. The lowest BCUT2D eigenvalue weighted by molar-refractivity contribution is 0.322. The van der Waals surface area contributed by atoms with Gasteiger partial charge in [0.1, 0.15) is 0 Å². The summed E-state index contributed by atoms with van der Waals surface area (Å²) >= 11 is 3.22. The summed E-state index contributed by atoms with van der Waals surface area (Å²) in [5.41, 5.74) is 0. The monoisotopic (exact) mass is 216 g/mol. The Balaban J connectivity index is 2.62. The van der Waals surface area contributed by atoms with E-state index in [4.69, 9.17) is 4.74 Å². The molecule has 0 aromatic heterocycles. The van der Waals surface area contributed by atoms with Gasteiger partial charge in [-0.25, -0.2) is 0 Å². The summed E-state index contributed by atoms with van der Waals surface area (Å²) in [5.74, 6) is 0.723. The Labute approximate surface area is 73.9 Å². The third-order valence-corrected chi connectivity index (χ3v) is 1.52. The average molecular weight is 217 g/mol. The number of halogens is 1. The molecule has 0 aliphatic heterocycles. The number of ether oxygens (including phenoxy) is 1. The summed E-state index contributed by atoms with van der Waals surface area (Å²) < 4.78 is 5.19. The second-order valence-corrected chi connectivity index (χ2v) is 2.80. The third-order valence-electron chi connectivity index (χ3n) is 1.20. The maximum atomic E-state index is 9.20. The van der Waals surface area contributed by atoms with Crippen LogP contribution in [-0.4, -0.2) is 17.0 Å². The maximum absolute atomic E-state index is 9.20. The van der Waals surface area contributed by atoms with Gasteiger partial charge in [-0.05, 0) is 12.1 Å². The topological polar surface area (TPSA) is 29.5 Å². The van der Waals surface area contributed by atoms with E-state index in [1.165, 1.54) is 0 Å². The van der Waals surface area contributed by atoms with Gasteiger partial charge in [0.2, 0.25) is 0 Å². The number of hydrogen-bond donors (Lipinski definition) is 1. The highest BCUT2D eigenvalue weighted by Crippen LogP contribution is 2.23. The molecule has 0 amide bonds. The summed E-state index contributed by atoms with van der Waals surface area (Å²) in [6.07, 6.45) is 0. The van der Waals surface area contributed by atoms with E-state index in [0.717, 1.165) is 5.33 Å². The van der Waals surface area contributed by atoms with E-state index in [9.17, 15) is 5.11 Å². The van der Waals surface area contributed by atoms with E-state index >= 15 is 0 Å². The van der Waals surface area contributed by atoms with Crippen LogP contribution in [0.3, 0.4) is 0 Å². The van der Waals surface area contributed by atoms with E-state index in [1.54, 1.807) is 18.2 Å². The first-order valence-electron chi connectivity index (χ1n) is 3.31. The first-order chi connectivity index (χ1) is 5.34. The van der Waals surface area contributed by atoms with Gasteiger partial charge in [-0.3, -0.25) is 0 Å². The molecular formula is C8H9BrO2. The van der Waals surface area contributed by atoms with Crippen molar-refractivity contribution in [3.8, 4) is 11.5 Å². The van der Waals surface area contributed by atoms with Gasteiger partial charge in [-0.15, -0.1) is 0 Å². The summed E-state index contributed by atoms with van der Waals surface area (Å²) in [7, 11) is 0. The fourth-order valence-electron chi connectivity index (χ4n) is 0.728. The minimum absolute atomic E-state index is 0.188. The number of phenolic OH excluding ortho intramolecular Hbond substituents is 1. The number of benzene rings is 1. The van der Waals surface area contributed by atoms with Gasteiger partial charge in [-0.1, -0.05) is 28.1 Å². The SMILES string of the molecule is Oc1ccccc1OCCBr. The lowest BCUT2D eigenvalue weighted by Gasteiger charge is -2.04. The molecule has 1 aromatic rings. The third kappa shape index (κ3) is 2.42. The molecule has 0 radical (unpaired) electrons. The van der Waals surface area contributed by atoms with Crippen LogP contribution in [0.4, 0.5) is 0 Å². The van der Waals surface area contributed by atoms with Crippen molar-refractivity contribution in [2.24, 2.45) is 0 Å². The van der Waals surface area contributed by atoms with Crippen LogP contribution in [0.15, 0.2) is 24.3 Å². The molecule has 11 heavy (non-hydrogen) atoms. The minimum Gasteiger partial charge on any atom is -0.504 e. The summed E-state index contributed by atoms with van der Waals surface area (Å²) in [6, 6.07) is 6.92. The zero-order valence-electron chi connectivity index (χ0n) is 5.96. The van der Waals surface area contributed by atoms with Crippen molar-refractivity contribution in [2.45, 2.75) is 0 Å². The van der Waals surface area contributed by atoms with Crippen molar-refractivity contribution in [3.63, 3.8) is 0 Å². The van der Waals surface area contributed by atoms with Crippen molar-refractivity contribution in [1.82, 2.24) is 0 Å². The maximum Gasteiger partial charge on any atom is 0.160 e. The molecule has 1 N–H and O–H groups in total. The van der Waals surface area contributed by atoms with E-state index in [0.29, 0.717) is 12.4 Å². The molecule has 0 saturated heterocycles. The number of alkyl halides is 1. The first kappa shape index (κ1) is 8.40. The molecule has 2 nitrogen and oxygen atoms in total. The number of aromatic hydroxyl groups is 1. The van der Waals surface area contributed by atoms with Gasteiger partial charge in [0.05, 0.1) is 6.61 Å². The lowest BCUT2D eigenvalue weighted by Crippen LogP contribution is -1.97. The Hall–Kier alpha value is -0.700. The Morgan fingerprint density at radius 1 is 1.36 bits per heavy atom. The molecule has 0 unspecified atom stereocenters.